The van der Waals surface area contributed by atoms with E-state index in [1.54, 1.807) is 55.5 Å². The minimum absolute atomic E-state index is 0. The second kappa shape index (κ2) is 32.2. The fraction of sp³-hybridized carbons (Fsp3) is 0.157. The van der Waals surface area contributed by atoms with Gasteiger partial charge < -0.3 is 15.3 Å². The number of aromatic nitrogens is 2. The molecule has 17 nitrogen and oxygen atoms in total. The van der Waals surface area contributed by atoms with Crippen LogP contribution in [0.3, 0.4) is 0 Å². The molecule has 79 heavy (non-hydrogen) atoms. The van der Waals surface area contributed by atoms with Crippen LogP contribution in [0.25, 0.3) is 15.9 Å². The zero-order valence-electron chi connectivity index (χ0n) is 44.2. The van der Waals surface area contributed by atoms with E-state index in [0.29, 0.717) is 33.4 Å². The predicted molar refractivity (Wildman–Crippen MR) is 337 cm³/mol. The minimum atomic E-state index is -3.73. The molecule has 0 saturated heterocycles. The molecule has 0 spiro atoms. The molecule has 0 amide bonds. The number of isothiocyanates is 1. The number of carbonyl (C=O) groups is 2. The van der Waals surface area contributed by atoms with E-state index in [2.05, 4.69) is 130 Å². The van der Waals surface area contributed by atoms with Gasteiger partial charge in [-0.25, -0.2) is 40.7 Å². The molecule has 0 saturated carbocycles. The number of H-pyrrole nitrogens is 1. The van der Waals surface area contributed by atoms with Gasteiger partial charge in [0.1, 0.15) is 0 Å². The van der Waals surface area contributed by atoms with Crippen LogP contribution in [0.15, 0.2) is 185 Å². The van der Waals surface area contributed by atoms with Crippen molar-refractivity contribution in [3.05, 3.63) is 181 Å². The van der Waals surface area contributed by atoms with Gasteiger partial charge in [-0.15, -0.1) is 0 Å². The molecule has 0 unspecified atom stereocenters. The molecule has 0 fully saturated rings. The second-order valence-corrected chi connectivity index (χ2v) is 36.0. The zero-order chi connectivity index (χ0) is 58.6. The van der Waals surface area contributed by atoms with Gasteiger partial charge in [0.2, 0.25) is 30.1 Å². The van der Waals surface area contributed by atoms with E-state index in [-0.39, 0.29) is 51.5 Å². The number of nitrogens with one attached hydrogen (secondary N) is 3. The van der Waals surface area contributed by atoms with Gasteiger partial charge in [-0.05, 0) is 134 Å². The molecule has 7 aromatic rings. The van der Waals surface area contributed by atoms with Gasteiger partial charge in [-0.3, -0.25) is 14.7 Å². The Morgan fingerprint density at radius 2 is 1.00 bits per heavy atom. The van der Waals surface area contributed by atoms with Gasteiger partial charge in [0, 0.05) is 42.0 Å². The van der Waals surface area contributed by atoms with Crippen molar-refractivity contribution in [2.75, 3.05) is 10.6 Å². The van der Waals surface area contributed by atoms with Crippen molar-refractivity contribution in [1.82, 2.24) is 10.2 Å². The number of aliphatic imine (C=N–C) groups is 1. The van der Waals surface area contributed by atoms with Crippen molar-refractivity contribution >= 4 is 163 Å². The largest absolute Gasteiger partial charge is 1.00 e. The predicted octanol–water partition coefficient (Wildman–Crippen LogP) is 10.1. The van der Waals surface area contributed by atoms with Crippen molar-refractivity contribution in [2.45, 2.75) is 67.3 Å². The first-order chi connectivity index (χ1) is 36.1. The van der Waals surface area contributed by atoms with Gasteiger partial charge in [-0.1, -0.05) is 152 Å². The maximum atomic E-state index is 12.1. The first-order valence-electron chi connectivity index (χ1n) is 22.8. The second-order valence-electron chi connectivity index (χ2n) is 18.4. The summed E-state index contributed by atoms with van der Waals surface area (Å²) in [7, 11) is -13.2. The van der Waals surface area contributed by atoms with Crippen LogP contribution < -0.4 is 44.9 Å². The molecule has 9 N–H and O–H groups in total. The number of primary sulfonamides is 3. The Balaban J connectivity index is 0.000000355. The number of nitrogens with two attached hydrogens (primary N) is 3. The van der Waals surface area contributed by atoms with Gasteiger partial charge in [0.05, 0.1) is 42.6 Å². The van der Waals surface area contributed by atoms with Crippen LogP contribution in [0.2, 0.25) is 39.3 Å². The molecule has 0 atom stereocenters. The maximum absolute atomic E-state index is 12.1. The number of rotatable bonds is 14. The molecule has 1 aromatic heterocycles. The number of anilines is 3. The first kappa shape index (κ1) is 70.6. The third-order valence-electron chi connectivity index (χ3n) is 9.40. The number of nitrogens with zero attached hydrogens (tertiary/aromatic N) is 3. The number of benzene rings is 6. The van der Waals surface area contributed by atoms with Crippen LogP contribution in [-0.4, -0.2) is 73.6 Å². The van der Waals surface area contributed by atoms with E-state index in [1.165, 1.54) is 60.7 Å². The fourth-order valence-corrected chi connectivity index (χ4v) is 17.1. The molecule has 7 rings (SSSR count). The van der Waals surface area contributed by atoms with Crippen LogP contribution >= 0.6 is 72.2 Å². The molecule has 0 aliphatic heterocycles. The van der Waals surface area contributed by atoms with Crippen molar-refractivity contribution < 1.29 is 53.7 Å². The van der Waals surface area contributed by atoms with Crippen LogP contribution in [0, 0.1) is 0 Å². The number of halogens is 3. The van der Waals surface area contributed by atoms with Crippen LogP contribution in [-0.2, 0) is 30.1 Å². The summed E-state index contributed by atoms with van der Waals surface area (Å²) >= 11 is 19.5. The number of sulfonamides is 3. The summed E-state index contributed by atoms with van der Waals surface area (Å²) in [5, 5.41) is 30.3. The molecule has 0 aliphatic rings. The Hall–Kier alpha value is -4.48. The van der Waals surface area contributed by atoms with E-state index in [9.17, 15) is 34.8 Å². The quantitative estimate of drug-likeness (QED) is 0.0256. The number of thiocarbonyl (C=S) groups is 2. The Kier molecular flexibility index (Phi) is 28.8. The number of hydrogen-bond acceptors (Lipinski definition) is 13. The SMILES string of the molecule is CC(=O)c1ccc(Br)cc1.C[Si](C)(C)[N-][Si](C)(C)C.NS(=O)(=O)c1ccc(N=C=S)cc1.NS(=O)(=O)c1ccc(NC(=S)CC(=O)c2ccc(Br)cc2)cc1.NS(=O)(=O)c1ccc(Nc2cc(-c3ccc(Br)cc3)[nH]n2)cc1.[Li+]. The van der Waals surface area contributed by atoms with E-state index in [0.717, 1.165) is 30.2 Å². The van der Waals surface area contributed by atoms with Crippen LogP contribution in [0.4, 0.5) is 22.9 Å². The smallest absolute Gasteiger partial charge is 0.668 e. The van der Waals surface area contributed by atoms with Crippen molar-refractivity contribution in [1.29, 1.82) is 0 Å². The minimum Gasteiger partial charge on any atom is -0.668 e. The molecule has 6 aromatic carbocycles. The average Bonchev–Trinajstić information content (AvgIpc) is 3.80. The van der Waals surface area contributed by atoms with Gasteiger partial charge >= 0.3 is 18.9 Å². The summed E-state index contributed by atoms with van der Waals surface area (Å²) < 4.78 is 74.1. The number of aromatic amines is 1. The first-order valence-corrected chi connectivity index (χ1v) is 37.5. The molecule has 0 bridgehead atoms. The van der Waals surface area contributed by atoms with Gasteiger partial charge in [-0.2, -0.15) is 10.1 Å². The number of ketones is 2. The standard InChI is InChI=1S/C15H13BrN4O2S.C15H13BrN2O3S2.C8H7BrO.C7H6N2O2S2.C6H18NSi2.Li/c16-11-3-1-10(2-4-11)14-9-15(20-19-14)18-12-5-7-13(8-6-12)23(17,21)22;16-11-3-1-10(2-4-11)14(19)9-15(22)18-12-5-7-13(8-6-12)23(17,20)21;1-6(10)7-2-4-8(9)5-3-7;8-13(10,11)7-3-1-6(2-4-7)9-5-12;1-8(2,3)7-9(4,5)6;/h1-9H,(H2,17,21,22)(H2,18,19,20);1-8H,9H2,(H,18,22)(H2,17,20,21);2-5H,1H3;1-4H,(H2,8,10,11);1-6H3;/q;;;;-1;+1. The Bertz CT molecular complexity index is 3520. The van der Waals surface area contributed by atoms with E-state index < -0.39 is 46.5 Å². The number of hydrogen-bond donors (Lipinski definition) is 6. The van der Waals surface area contributed by atoms with E-state index in [1.807, 2.05) is 42.5 Å². The molecular weight excluding hydrogens is 1330 g/mol. The molecule has 0 radical (unpaired) electrons. The molecule has 414 valence electrons. The fourth-order valence-electron chi connectivity index (χ4n) is 6.31. The summed E-state index contributed by atoms with van der Waals surface area (Å²) in [6, 6.07) is 41.7. The summed E-state index contributed by atoms with van der Waals surface area (Å²) in [5.74, 6) is 0.634. The summed E-state index contributed by atoms with van der Waals surface area (Å²) in [4.78, 5) is 27.0. The van der Waals surface area contributed by atoms with Gasteiger partial charge in [0.25, 0.3) is 0 Å². The Morgan fingerprint density at radius 1 is 0.620 bits per heavy atom. The molecule has 28 heteroatoms. The van der Waals surface area contributed by atoms with Crippen molar-refractivity contribution in [2.24, 2.45) is 20.4 Å². The van der Waals surface area contributed by atoms with Crippen LogP contribution in [0.1, 0.15) is 34.1 Å². The topological polar surface area (TPSA) is 294 Å². The van der Waals surface area contributed by atoms with E-state index in [4.69, 9.17) is 32.3 Å². The van der Waals surface area contributed by atoms with Gasteiger partial charge in [0.15, 0.2) is 17.4 Å². The molecular formula is C51H57Br3LiN9O8S5Si2. The third kappa shape index (κ3) is 28.2. The van der Waals surface area contributed by atoms with Crippen LogP contribution in [0.5, 0.6) is 0 Å². The molecule has 0 aliphatic carbocycles. The average molecular weight is 1390 g/mol. The summed E-state index contributed by atoms with van der Waals surface area (Å²) in [5.41, 5.74) is 5.06. The van der Waals surface area contributed by atoms with E-state index >= 15 is 0 Å². The van der Waals surface area contributed by atoms with Crippen molar-refractivity contribution in [3.63, 3.8) is 0 Å². The van der Waals surface area contributed by atoms with Crippen molar-refractivity contribution in [3.8, 4) is 11.3 Å². The maximum Gasteiger partial charge on any atom is 1.00 e. The normalized spacial score (nSPS) is 11.1. The number of Topliss-reactive ketones (excluding diaryl/α,β-unsaturated/α-hetero) is 2. The third-order valence-corrected chi connectivity index (χ3v) is 19.5. The number of carbonyl (C=O) groups excluding carboxylic acids is 2. The zero-order valence-corrected chi connectivity index (χ0v) is 55.0. The summed E-state index contributed by atoms with van der Waals surface area (Å²) in [6.07, 6.45) is 0.0634. The summed E-state index contributed by atoms with van der Waals surface area (Å²) in [6.45, 7) is 15.3. The Labute approximate surface area is 512 Å². The molecule has 1 heterocycles. The Morgan fingerprint density at radius 3 is 1.37 bits per heavy atom. The monoisotopic (exact) mass is 1380 g/mol.